The Morgan fingerprint density at radius 1 is 1.25 bits per heavy atom. The normalized spacial score (nSPS) is 6.00. The van der Waals surface area contributed by atoms with Crippen molar-refractivity contribution in [2.24, 2.45) is 0 Å². The van der Waals surface area contributed by atoms with E-state index >= 15 is 0 Å². The van der Waals surface area contributed by atoms with Crippen LogP contribution in [-0.2, 0) is 4.12 Å². The average Bonchev–Trinajstić information content (AvgIpc) is 0.918. The lowest BCUT2D eigenvalue weighted by Gasteiger charge is -1.62. The molecule has 0 N–H and O–H groups in total. The van der Waals surface area contributed by atoms with Crippen LogP contribution < -0.4 is 0 Å². The van der Waals surface area contributed by atoms with Crippen LogP contribution in [0.15, 0.2) is 0 Å². The maximum Gasteiger partial charge on any atom is 0.129 e. The molecule has 0 radical (unpaired) electrons. The summed E-state index contributed by atoms with van der Waals surface area (Å²) in [7, 11) is 1.86. The minimum Gasteiger partial charge on any atom is -0.471 e. The van der Waals surface area contributed by atoms with Gasteiger partial charge in [0.05, 0.1) is 0 Å². The largest absolute Gasteiger partial charge is 0.471 e. The summed E-state index contributed by atoms with van der Waals surface area (Å²) in [5, 5.41) is 0. The fourth-order valence-electron chi connectivity index (χ4n) is 0. The van der Waals surface area contributed by atoms with Gasteiger partial charge in [0, 0.05) is 0 Å². The zero-order valence-corrected chi connectivity index (χ0v) is 6.41. The van der Waals surface area contributed by atoms with Crippen molar-refractivity contribution in [3.05, 3.63) is 0 Å². The van der Waals surface area contributed by atoms with Crippen molar-refractivity contribution in [3.63, 3.8) is 0 Å². The maximum atomic E-state index is 4.53. The Morgan fingerprint density at radius 3 is 1.25 bits per heavy atom. The maximum absolute atomic E-state index is 4.53. The zero-order chi connectivity index (χ0) is 2.71. The average molecular weight is 110 g/mol. The van der Waals surface area contributed by atoms with Gasteiger partial charge in [0.25, 0.3) is 0 Å². The molecular formula is H10OSi3. The summed E-state index contributed by atoms with van der Waals surface area (Å²) >= 11 is 0. The molecule has 0 heterocycles. The molecule has 0 bridgehead atoms. The summed E-state index contributed by atoms with van der Waals surface area (Å²) in [4.78, 5) is 0. The van der Waals surface area contributed by atoms with Crippen molar-refractivity contribution in [1.82, 2.24) is 0 Å². The molecule has 0 rings (SSSR count). The fourth-order valence-corrected chi connectivity index (χ4v) is 0. The van der Waals surface area contributed by atoms with Crippen LogP contribution in [0.4, 0.5) is 0 Å². The van der Waals surface area contributed by atoms with Crippen LogP contribution >= 0.6 is 0 Å². The summed E-state index contributed by atoms with van der Waals surface area (Å²) in [5.74, 6) is 0. The summed E-state index contributed by atoms with van der Waals surface area (Å²) in [6.07, 6.45) is 0. The van der Waals surface area contributed by atoms with E-state index in [1.54, 1.807) is 0 Å². The van der Waals surface area contributed by atoms with Gasteiger partial charge in [-0.3, -0.25) is 0 Å². The van der Waals surface area contributed by atoms with Gasteiger partial charge in [-0.2, -0.15) is 0 Å². The summed E-state index contributed by atoms with van der Waals surface area (Å²) in [5.41, 5.74) is 0. The SMILES string of the molecule is [SiH3]O[SiH3].[SiH4]. The first-order valence-electron chi connectivity index (χ1n) is 0.816. The lowest BCUT2D eigenvalue weighted by molar-refractivity contribution is 0.690. The number of rotatable bonds is 0. The molecule has 0 atom stereocenters. The van der Waals surface area contributed by atoms with Crippen LogP contribution in [0.1, 0.15) is 0 Å². The molecule has 0 aliphatic rings. The van der Waals surface area contributed by atoms with Crippen molar-refractivity contribution >= 4 is 31.9 Å². The van der Waals surface area contributed by atoms with E-state index in [4.69, 9.17) is 0 Å². The minimum absolute atomic E-state index is 0. The molecule has 0 fully saturated rings. The molecule has 0 saturated carbocycles. The first-order valence-corrected chi connectivity index (χ1v) is 2.45. The van der Waals surface area contributed by atoms with E-state index in [0.717, 1.165) is 21.0 Å². The Kier molecular flexibility index (Phi) is 20.9. The molecule has 28 valence electrons. The fraction of sp³-hybridized carbons (Fsp3) is 0. The van der Waals surface area contributed by atoms with Gasteiger partial charge in [0.15, 0.2) is 0 Å². The minimum atomic E-state index is 0. The first-order chi connectivity index (χ1) is 1.41. The Balaban J connectivity index is 0. The quantitative estimate of drug-likeness (QED) is 0.290. The third kappa shape index (κ3) is 18.2. The molecule has 0 aromatic rings. The molecule has 0 aliphatic heterocycles. The van der Waals surface area contributed by atoms with Crippen LogP contribution in [0.5, 0.6) is 0 Å². The zero-order valence-electron chi connectivity index (χ0n) is 2.41. The van der Waals surface area contributed by atoms with Gasteiger partial charge in [0.1, 0.15) is 21.0 Å². The third-order valence-corrected chi connectivity index (χ3v) is 0. The van der Waals surface area contributed by atoms with E-state index < -0.39 is 0 Å². The van der Waals surface area contributed by atoms with Gasteiger partial charge in [0.2, 0.25) is 0 Å². The summed E-state index contributed by atoms with van der Waals surface area (Å²) in [6.45, 7) is 0. The monoisotopic (exact) mass is 110 g/mol. The van der Waals surface area contributed by atoms with E-state index in [1.807, 2.05) is 0 Å². The molecule has 4 heavy (non-hydrogen) atoms. The highest BCUT2D eigenvalue weighted by Gasteiger charge is 1.28. The van der Waals surface area contributed by atoms with Gasteiger partial charge in [-0.1, -0.05) is 0 Å². The second-order valence-corrected chi connectivity index (χ2v) is 3.67. The van der Waals surface area contributed by atoms with Crippen molar-refractivity contribution in [1.29, 1.82) is 0 Å². The summed E-state index contributed by atoms with van der Waals surface area (Å²) in [6, 6.07) is 0. The van der Waals surface area contributed by atoms with Crippen LogP contribution in [-0.4, -0.2) is 31.9 Å². The summed E-state index contributed by atoms with van der Waals surface area (Å²) < 4.78 is 4.53. The molecule has 0 aromatic carbocycles. The molecule has 0 spiro atoms. The molecule has 0 saturated heterocycles. The van der Waals surface area contributed by atoms with Gasteiger partial charge >= 0.3 is 0 Å². The van der Waals surface area contributed by atoms with Gasteiger partial charge in [-0.15, -0.1) is 0 Å². The highest BCUT2D eigenvalue weighted by molar-refractivity contribution is 6.15. The second-order valence-electron chi connectivity index (χ2n) is 0.408. The van der Waals surface area contributed by atoms with E-state index in [1.165, 1.54) is 0 Å². The Labute approximate surface area is 36.9 Å². The third-order valence-electron chi connectivity index (χ3n) is 0. The number of hydrogen-bond donors (Lipinski definition) is 0. The van der Waals surface area contributed by atoms with Crippen LogP contribution in [0, 0.1) is 0 Å². The van der Waals surface area contributed by atoms with Crippen molar-refractivity contribution in [2.45, 2.75) is 0 Å². The molecule has 4 heteroatoms. The van der Waals surface area contributed by atoms with E-state index in [2.05, 4.69) is 4.12 Å². The molecule has 1 nitrogen and oxygen atoms in total. The highest BCUT2D eigenvalue weighted by Crippen LogP contribution is 1.20. The van der Waals surface area contributed by atoms with Crippen molar-refractivity contribution in [3.8, 4) is 0 Å². The van der Waals surface area contributed by atoms with Gasteiger partial charge in [-0.25, -0.2) is 0 Å². The second kappa shape index (κ2) is 9.49. The number of hydrogen-bond acceptors (Lipinski definition) is 1. The lowest BCUT2D eigenvalue weighted by Crippen LogP contribution is -1.65. The smallest absolute Gasteiger partial charge is 0.129 e. The van der Waals surface area contributed by atoms with Gasteiger partial charge < -0.3 is 4.12 Å². The van der Waals surface area contributed by atoms with E-state index in [-0.39, 0.29) is 11.0 Å². The van der Waals surface area contributed by atoms with Crippen LogP contribution in [0.25, 0.3) is 0 Å². The molecule has 0 amide bonds. The molecule has 0 unspecified atom stereocenters. The van der Waals surface area contributed by atoms with Crippen molar-refractivity contribution in [2.75, 3.05) is 0 Å². The lowest BCUT2D eigenvalue weighted by atomic mass is 15.8. The molecule has 0 aromatic heterocycles. The van der Waals surface area contributed by atoms with E-state index in [9.17, 15) is 0 Å². The van der Waals surface area contributed by atoms with Gasteiger partial charge in [-0.05, 0) is 11.0 Å². The predicted octanol–water partition coefficient (Wildman–Crippen LogP) is -3.89. The highest BCUT2D eigenvalue weighted by atomic mass is 28.3. The Hall–Kier alpha value is 0.611. The first kappa shape index (κ1) is 8.82. The van der Waals surface area contributed by atoms with E-state index in [0.29, 0.717) is 0 Å². The standard InChI is InChI=1S/H6OSi2.H4Si/c2-1-3;/h2-3H3;1H4. The molecular weight excluding hydrogens is 100 g/mol. The van der Waals surface area contributed by atoms with Crippen LogP contribution in [0.2, 0.25) is 0 Å². The molecule has 0 aliphatic carbocycles. The Bertz CT molecular complexity index is 3.25. The topological polar surface area (TPSA) is 9.23 Å². The van der Waals surface area contributed by atoms with Crippen LogP contribution in [0.3, 0.4) is 0 Å². The predicted molar refractivity (Wildman–Crippen MR) is 32.3 cm³/mol. The van der Waals surface area contributed by atoms with Crippen molar-refractivity contribution < 1.29 is 4.12 Å². The Morgan fingerprint density at radius 2 is 1.25 bits per heavy atom.